The predicted octanol–water partition coefficient (Wildman–Crippen LogP) is 2.26. The van der Waals surface area contributed by atoms with Gasteiger partial charge >= 0.3 is 0 Å². The van der Waals surface area contributed by atoms with Crippen LogP contribution >= 0.6 is 0 Å². The molecular weight excluding hydrogens is 418 g/mol. The summed E-state index contributed by atoms with van der Waals surface area (Å²) < 4.78 is 32.3. The number of benzene rings is 1. The van der Waals surface area contributed by atoms with Crippen molar-refractivity contribution < 1.29 is 17.7 Å². The molecule has 170 valence electrons. The van der Waals surface area contributed by atoms with Crippen LogP contribution in [0.5, 0.6) is 0 Å². The Labute approximate surface area is 183 Å². The molecule has 0 bridgehead atoms. The highest BCUT2D eigenvalue weighted by Crippen LogP contribution is 2.21. The van der Waals surface area contributed by atoms with E-state index in [4.69, 9.17) is 4.52 Å². The summed E-state index contributed by atoms with van der Waals surface area (Å²) in [5, 5.41) is 6.78. The van der Waals surface area contributed by atoms with Gasteiger partial charge in [-0.2, -0.15) is 9.29 Å². The Morgan fingerprint density at radius 1 is 1.13 bits per heavy atom. The molecule has 0 atom stereocenters. The smallest absolute Gasteiger partial charge is 0.243 e. The second-order valence-electron chi connectivity index (χ2n) is 8.90. The highest BCUT2D eigenvalue weighted by molar-refractivity contribution is 7.89. The van der Waals surface area contributed by atoms with Gasteiger partial charge in [-0.3, -0.25) is 4.79 Å². The first-order valence-corrected chi connectivity index (χ1v) is 11.9. The molecule has 0 spiro atoms. The topological polar surface area (TPSA) is 109 Å². The van der Waals surface area contributed by atoms with E-state index in [2.05, 4.69) is 20.4 Å². The molecule has 1 fully saturated rings. The van der Waals surface area contributed by atoms with E-state index in [1.54, 1.807) is 12.1 Å². The van der Waals surface area contributed by atoms with Crippen LogP contribution < -0.4 is 5.32 Å². The van der Waals surface area contributed by atoms with Crippen LogP contribution in [-0.2, 0) is 26.7 Å². The van der Waals surface area contributed by atoms with E-state index in [9.17, 15) is 13.2 Å². The lowest BCUT2D eigenvalue weighted by atomic mass is 9.96. The summed E-state index contributed by atoms with van der Waals surface area (Å²) in [6.07, 6.45) is 1.40. The van der Waals surface area contributed by atoms with Gasteiger partial charge in [-0.05, 0) is 37.7 Å². The van der Waals surface area contributed by atoms with E-state index in [0.29, 0.717) is 62.8 Å². The van der Waals surface area contributed by atoms with Gasteiger partial charge in [0.15, 0.2) is 5.82 Å². The molecule has 0 aliphatic carbocycles. The van der Waals surface area contributed by atoms with Gasteiger partial charge in [0.2, 0.25) is 21.8 Å². The normalized spacial score (nSPS) is 16.4. The van der Waals surface area contributed by atoms with Crippen LogP contribution in [-0.4, -0.2) is 66.9 Å². The maximum atomic E-state index is 12.8. The van der Waals surface area contributed by atoms with Crippen LogP contribution in [0, 0.1) is 0 Å². The minimum Gasteiger partial charge on any atom is -0.339 e. The Hall–Kier alpha value is -2.30. The minimum absolute atomic E-state index is 0.148. The zero-order valence-corrected chi connectivity index (χ0v) is 19.4. The van der Waals surface area contributed by atoms with Crippen molar-refractivity contribution in [2.45, 2.75) is 50.3 Å². The summed E-state index contributed by atoms with van der Waals surface area (Å²) in [5.41, 5.74) is 0.387. The maximum absolute atomic E-state index is 12.8. The minimum atomic E-state index is -3.51. The molecule has 1 aliphatic rings. The Kier molecular flexibility index (Phi) is 7.13. The lowest BCUT2D eigenvalue weighted by molar-refractivity contribution is -0.116. The summed E-state index contributed by atoms with van der Waals surface area (Å²) >= 11 is 0. The Balaban J connectivity index is 1.49. The first-order valence-electron chi connectivity index (χ1n) is 10.5. The van der Waals surface area contributed by atoms with Gasteiger partial charge in [0.05, 0.1) is 4.90 Å². The fraction of sp³-hybridized carbons (Fsp3) is 0.571. The number of aromatic nitrogens is 2. The molecule has 0 unspecified atom stereocenters. The summed E-state index contributed by atoms with van der Waals surface area (Å²) in [4.78, 5) is 18.9. The van der Waals surface area contributed by atoms with Crippen LogP contribution in [0.1, 0.15) is 45.3 Å². The van der Waals surface area contributed by atoms with Crippen molar-refractivity contribution in [1.29, 1.82) is 0 Å². The number of piperazine rings is 1. The fourth-order valence-electron chi connectivity index (χ4n) is 3.17. The molecule has 2 heterocycles. The summed E-state index contributed by atoms with van der Waals surface area (Å²) in [6.45, 7) is 8.43. The zero-order valence-electron chi connectivity index (χ0n) is 18.6. The van der Waals surface area contributed by atoms with Crippen LogP contribution in [0.3, 0.4) is 0 Å². The van der Waals surface area contributed by atoms with Crippen LogP contribution in [0.2, 0.25) is 0 Å². The molecule has 1 aliphatic heterocycles. The van der Waals surface area contributed by atoms with Gasteiger partial charge in [0, 0.05) is 50.1 Å². The summed E-state index contributed by atoms with van der Waals surface area (Å²) in [6, 6.07) is 6.31. The molecule has 1 aromatic heterocycles. The molecule has 1 N–H and O–H groups in total. The average Bonchev–Trinajstić information content (AvgIpc) is 3.18. The molecule has 1 aromatic carbocycles. The lowest BCUT2D eigenvalue weighted by Crippen LogP contribution is -2.46. The first kappa shape index (κ1) is 23.4. The standard InChI is InChI=1S/C21H31N5O4S/c1-21(2,3)20-23-19(30-24-20)7-5-6-18(27)22-16-8-10-17(11-9-16)31(28,29)26-14-12-25(4)13-15-26/h8-11H,5-7,12-15H2,1-4H3,(H,22,27). The Morgan fingerprint density at radius 3 is 2.35 bits per heavy atom. The van der Waals surface area contributed by atoms with Crippen molar-refractivity contribution in [2.24, 2.45) is 0 Å². The van der Waals surface area contributed by atoms with Crippen LogP contribution in [0.4, 0.5) is 5.69 Å². The van der Waals surface area contributed by atoms with Gasteiger partial charge in [-0.25, -0.2) is 8.42 Å². The van der Waals surface area contributed by atoms with Crippen molar-refractivity contribution in [3.8, 4) is 0 Å². The molecule has 0 saturated carbocycles. The van der Waals surface area contributed by atoms with E-state index in [1.807, 2.05) is 27.8 Å². The molecule has 1 amide bonds. The van der Waals surface area contributed by atoms with E-state index in [-0.39, 0.29) is 16.2 Å². The third-order valence-electron chi connectivity index (χ3n) is 5.17. The number of likely N-dealkylation sites (N-methyl/N-ethyl adjacent to an activating group) is 1. The van der Waals surface area contributed by atoms with Gasteiger partial charge in [-0.1, -0.05) is 25.9 Å². The van der Waals surface area contributed by atoms with Crippen LogP contribution in [0.15, 0.2) is 33.7 Å². The first-order chi connectivity index (χ1) is 14.6. The SMILES string of the molecule is CN1CCN(S(=O)(=O)c2ccc(NC(=O)CCCc3nc(C(C)(C)C)no3)cc2)CC1. The highest BCUT2D eigenvalue weighted by Gasteiger charge is 2.27. The van der Waals surface area contributed by atoms with E-state index in [1.165, 1.54) is 16.4 Å². The average molecular weight is 450 g/mol. The number of sulfonamides is 1. The largest absolute Gasteiger partial charge is 0.339 e. The molecule has 3 rings (SSSR count). The summed E-state index contributed by atoms with van der Waals surface area (Å²) in [7, 11) is -1.53. The quantitative estimate of drug-likeness (QED) is 0.691. The van der Waals surface area contributed by atoms with Gasteiger partial charge in [0.25, 0.3) is 0 Å². The molecule has 2 aromatic rings. The van der Waals surface area contributed by atoms with Crippen molar-refractivity contribution in [1.82, 2.24) is 19.3 Å². The van der Waals surface area contributed by atoms with Crippen molar-refractivity contribution in [2.75, 3.05) is 38.5 Å². The fourth-order valence-corrected chi connectivity index (χ4v) is 4.59. The second-order valence-corrected chi connectivity index (χ2v) is 10.8. The molecular formula is C21H31N5O4S. The summed E-state index contributed by atoms with van der Waals surface area (Å²) in [5.74, 6) is 1.03. The highest BCUT2D eigenvalue weighted by atomic mass is 32.2. The van der Waals surface area contributed by atoms with E-state index in [0.717, 1.165) is 0 Å². The van der Waals surface area contributed by atoms with Crippen LogP contribution in [0.25, 0.3) is 0 Å². The number of nitrogens with one attached hydrogen (secondary N) is 1. The van der Waals surface area contributed by atoms with Crippen molar-refractivity contribution >= 4 is 21.6 Å². The molecule has 31 heavy (non-hydrogen) atoms. The Morgan fingerprint density at radius 2 is 1.77 bits per heavy atom. The predicted molar refractivity (Wildman–Crippen MR) is 117 cm³/mol. The number of hydrogen-bond donors (Lipinski definition) is 1. The number of carbonyl (C=O) groups is 1. The maximum Gasteiger partial charge on any atom is 0.243 e. The van der Waals surface area contributed by atoms with Gasteiger partial charge in [-0.15, -0.1) is 0 Å². The monoisotopic (exact) mass is 449 g/mol. The van der Waals surface area contributed by atoms with Crippen molar-refractivity contribution in [3.05, 3.63) is 36.0 Å². The second kappa shape index (κ2) is 9.46. The Bertz CT molecular complexity index is 988. The number of hydrogen-bond acceptors (Lipinski definition) is 7. The number of carbonyl (C=O) groups excluding carboxylic acids is 1. The number of rotatable bonds is 7. The lowest BCUT2D eigenvalue weighted by Gasteiger charge is -2.31. The van der Waals surface area contributed by atoms with E-state index < -0.39 is 10.0 Å². The molecule has 0 radical (unpaired) electrons. The third kappa shape index (κ3) is 6.11. The third-order valence-corrected chi connectivity index (χ3v) is 7.08. The molecule has 1 saturated heterocycles. The molecule has 10 heteroatoms. The number of aryl methyl sites for hydroxylation is 1. The molecule has 9 nitrogen and oxygen atoms in total. The van der Waals surface area contributed by atoms with Gasteiger partial charge in [0.1, 0.15) is 0 Å². The number of nitrogens with zero attached hydrogens (tertiary/aromatic N) is 4. The number of amides is 1. The van der Waals surface area contributed by atoms with E-state index >= 15 is 0 Å². The zero-order chi connectivity index (χ0) is 22.6. The number of anilines is 1. The van der Waals surface area contributed by atoms with Gasteiger partial charge < -0.3 is 14.7 Å². The van der Waals surface area contributed by atoms with Crippen molar-refractivity contribution in [3.63, 3.8) is 0 Å².